The quantitative estimate of drug-likeness (QED) is 0.242. The summed E-state index contributed by atoms with van der Waals surface area (Å²) in [5.74, 6) is 1.03. The molecular formula is C25H19N3O4S2. The normalized spacial score (nSPS) is 11.0. The highest BCUT2D eigenvalue weighted by Crippen LogP contribution is 2.33. The van der Waals surface area contributed by atoms with E-state index in [1.165, 1.54) is 23.1 Å². The van der Waals surface area contributed by atoms with Crippen LogP contribution >= 0.6 is 23.1 Å². The van der Waals surface area contributed by atoms with Crippen molar-refractivity contribution in [1.82, 2.24) is 9.55 Å². The molecule has 0 atom stereocenters. The molecule has 0 fully saturated rings. The van der Waals surface area contributed by atoms with Gasteiger partial charge in [0, 0.05) is 10.9 Å². The van der Waals surface area contributed by atoms with Crippen LogP contribution in [0.15, 0.2) is 92.7 Å². The number of nitrogens with zero attached hydrogens (tertiary/aromatic N) is 2. The number of thioether (sulfide) groups is 1. The van der Waals surface area contributed by atoms with Gasteiger partial charge >= 0.3 is 0 Å². The molecule has 0 saturated carbocycles. The van der Waals surface area contributed by atoms with E-state index in [0.717, 1.165) is 0 Å². The van der Waals surface area contributed by atoms with Gasteiger partial charge in [0.25, 0.3) is 5.56 Å². The summed E-state index contributed by atoms with van der Waals surface area (Å²) in [6, 6.07) is 20.1. The van der Waals surface area contributed by atoms with E-state index in [1.807, 2.05) is 53.9 Å². The van der Waals surface area contributed by atoms with Crippen molar-refractivity contribution < 1.29 is 13.9 Å². The Morgan fingerprint density at radius 1 is 1.12 bits per heavy atom. The van der Waals surface area contributed by atoms with Crippen LogP contribution in [0.1, 0.15) is 0 Å². The summed E-state index contributed by atoms with van der Waals surface area (Å²) in [6.07, 6.45) is 1.58. The fraction of sp³-hybridized carbons (Fsp3) is 0.0800. The van der Waals surface area contributed by atoms with Crippen molar-refractivity contribution in [1.29, 1.82) is 0 Å². The summed E-state index contributed by atoms with van der Waals surface area (Å²) in [5, 5.41) is 5.66. The Balaban J connectivity index is 1.51. The van der Waals surface area contributed by atoms with E-state index in [1.54, 1.807) is 36.1 Å². The zero-order valence-electron chi connectivity index (χ0n) is 18.1. The molecule has 3 heterocycles. The van der Waals surface area contributed by atoms with Crippen LogP contribution in [0.4, 0.5) is 5.69 Å². The molecule has 0 aliphatic carbocycles. The lowest BCUT2D eigenvalue weighted by Crippen LogP contribution is -2.22. The zero-order valence-corrected chi connectivity index (χ0v) is 19.7. The Bertz CT molecular complexity index is 1510. The standard InChI is InChI=1S/C25H19N3O4S2/c1-31-20-11-6-5-10-18(20)26-21(29)15-34-25-27-23-22(17(14-33-23)19-12-7-13-32-19)24(30)28(25)16-8-3-2-4-9-16/h2-14H,15H2,1H3,(H,26,29). The van der Waals surface area contributed by atoms with Gasteiger partial charge in [0.2, 0.25) is 5.91 Å². The number of aromatic nitrogens is 2. The average molecular weight is 490 g/mol. The topological polar surface area (TPSA) is 86.4 Å². The molecule has 2 aromatic carbocycles. The fourth-order valence-electron chi connectivity index (χ4n) is 3.55. The number of amides is 1. The van der Waals surface area contributed by atoms with Gasteiger partial charge in [-0.15, -0.1) is 11.3 Å². The lowest BCUT2D eigenvalue weighted by molar-refractivity contribution is -0.113. The fourth-order valence-corrected chi connectivity index (χ4v) is 5.33. The predicted octanol–water partition coefficient (Wildman–Crippen LogP) is 5.45. The van der Waals surface area contributed by atoms with Crippen LogP contribution in [0.3, 0.4) is 0 Å². The van der Waals surface area contributed by atoms with Gasteiger partial charge in [0.1, 0.15) is 16.3 Å². The van der Waals surface area contributed by atoms with Crippen LogP contribution in [0, 0.1) is 0 Å². The highest BCUT2D eigenvalue weighted by molar-refractivity contribution is 7.99. The third kappa shape index (κ3) is 4.23. The molecule has 34 heavy (non-hydrogen) atoms. The molecule has 5 aromatic rings. The maximum absolute atomic E-state index is 13.7. The Morgan fingerprint density at radius 2 is 1.91 bits per heavy atom. The first-order valence-corrected chi connectivity index (χ1v) is 12.2. The van der Waals surface area contributed by atoms with Crippen LogP contribution in [-0.4, -0.2) is 28.3 Å². The molecule has 5 rings (SSSR count). The van der Waals surface area contributed by atoms with Crippen LogP contribution in [0.5, 0.6) is 5.75 Å². The minimum atomic E-state index is -0.231. The first-order valence-electron chi connectivity index (χ1n) is 10.3. The van der Waals surface area contributed by atoms with Crippen molar-refractivity contribution in [3.05, 3.63) is 88.7 Å². The Morgan fingerprint density at radius 3 is 2.68 bits per heavy atom. The number of methoxy groups -OCH3 is 1. The number of anilines is 1. The number of ether oxygens (including phenoxy) is 1. The minimum absolute atomic E-state index is 0.0687. The molecular weight excluding hydrogens is 470 g/mol. The highest BCUT2D eigenvalue weighted by atomic mass is 32.2. The molecule has 1 amide bonds. The number of hydrogen-bond donors (Lipinski definition) is 1. The van der Waals surface area contributed by atoms with Crippen molar-refractivity contribution in [3.63, 3.8) is 0 Å². The van der Waals surface area contributed by atoms with E-state index in [-0.39, 0.29) is 17.2 Å². The zero-order chi connectivity index (χ0) is 23.5. The molecule has 0 unspecified atom stereocenters. The highest BCUT2D eigenvalue weighted by Gasteiger charge is 2.20. The molecule has 7 nitrogen and oxygen atoms in total. The lowest BCUT2D eigenvalue weighted by Gasteiger charge is -2.13. The van der Waals surface area contributed by atoms with E-state index in [9.17, 15) is 9.59 Å². The summed E-state index contributed by atoms with van der Waals surface area (Å²) < 4.78 is 12.4. The first kappa shape index (κ1) is 22.0. The van der Waals surface area contributed by atoms with Crippen molar-refractivity contribution in [2.75, 3.05) is 18.2 Å². The summed E-state index contributed by atoms with van der Waals surface area (Å²) >= 11 is 2.57. The van der Waals surface area contributed by atoms with E-state index in [2.05, 4.69) is 5.32 Å². The van der Waals surface area contributed by atoms with Crippen molar-refractivity contribution in [2.24, 2.45) is 0 Å². The van der Waals surface area contributed by atoms with E-state index >= 15 is 0 Å². The van der Waals surface area contributed by atoms with Crippen molar-refractivity contribution >= 4 is 44.9 Å². The van der Waals surface area contributed by atoms with Gasteiger partial charge in [0.15, 0.2) is 5.16 Å². The second-order valence-electron chi connectivity index (χ2n) is 7.21. The maximum Gasteiger partial charge on any atom is 0.268 e. The Hall–Kier alpha value is -3.82. The molecule has 0 aliphatic rings. The molecule has 9 heteroatoms. The van der Waals surface area contributed by atoms with Gasteiger partial charge < -0.3 is 14.5 Å². The maximum atomic E-state index is 13.7. The van der Waals surface area contributed by atoms with Crippen LogP contribution in [-0.2, 0) is 4.79 Å². The largest absolute Gasteiger partial charge is 0.495 e. The second-order valence-corrected chi connectivity index (χ2v) is 9.02. The average Bonchev–Trinajstić information content (AvgIpc) is 3.54. The molecule has 0 bridgehead atoms. The molecule has 0 saturated heterocycles. The van der Waals surface area contributed by atoms with E-state index in [0.29, 0.717) is 43.8 Å². The summed E-state index contributed by atoms with van der Waals surface area (Å²) in [6.45, 7) is 0. The van der Waals surface area contributed by atoms with Crippen LogP contribution in [0.2, 0.25) is 0 Å². The number of carbonyl (C=O) groups is 1. The molecule has 170 valence electrons. The second kappa shape index (κ2) is 9.58. The number of carbonyl (C=O) groups excluding carboxylic acids is 1. The van der Waals surface area contributed by atoms with Gasteiger partial charge in [-0.25, -0.2) is 4.98 Å². The van der Waals surface area contributed by atoms with Gasteiger partial charge in [-0.2, -0.15) is 0 Å². The van der Waals surface area contributed by atoms with Gasteiger partial charge in [-0.1, -0.05) is 42.1 Å². The van der Waals surface area contributed by atoms with Gasteiger partial charge in [-0.3, -0.25) is 14.2 Å². The molecule has 1 N–H and O–H groups in total. The number of benzene rings is 2. The van der Waals surface area contributed by atoms with Gasteiger partial charge in [-0.05, 0) is 36.4 Å². The molecule has 0 spiro atoms. The van der Waals surface area contributed by atoms with Gasteiger partial charge in [0.05, 0.1) is 35.9 Å². The number of nitrogens with one attached hydrogen (secondary N) is 1. The van der Waals surface area contributed by atoms with Crippen molar-refractivity contribution in [3.8, 4) is 22.8 Å². The number of para-hydroxylation sites is 3. The lowest BCUT2D eigenvalue weighted by atomic mass is 10.2. The molecule has 3 aromatic heterocycles. The number of thiophene rings is 1. The third-order valence-corrected chi connectivity index (χ3v) is 6.90. The van der Waals surface area contributed by atoms with E-state index in [4.69, 9.17) is 14.1 Å². The number of hydrogen-bond acceptors (Lipinski definition) is 7. The monoisotopic (exact) mass is 489 g/mol. The third-order valence-electron chi connectivity index (χ3n) is 5.09. The van der Waals surface area contributed by atoms with Crippen LogP contribution in [0.25, 0.3) is 27.2 Å². The first-order chi connectivity index (χ1) is 16.7. The number of fused-ring (bicyclic) bond motifs is 1. The summed E-state index contributed by atoms with van der Waals surface area (Å²) in [4.78, 5) is 31.7. The SMILES string of the molecule is COc1ccccc1NC(=O)CSc1nc2scc(-c3ccco3)c2c(=O)n1-c1ccccc1. The van der Waals surface area contributed by atoms with Crippen molar-refractivity contribution in [2.45, 2.75) is 5.16 Å². The summed E-state index contributed by atoms with van der Waals surface area (Å²) in [5.41, 5.74) is 1.75. The minimum Gasteiger partial charge on any atom is -0.495 e. The Labute approximate surface area is 203 Å². The number of rotatable bonds is 7. The van der Waals surface area contributed by atoms with E-state index < -0.39 is 0 Å². The predicted molar refractivity (Wildman–Crippen MR) is 135 cm³/mol. The molecule has 0 aliphatic heterocycles. The Kier molecular flexibility index (Phi) is 6.20. The van der Waals surface area contributed by atoms with Crippen LogP contribution < -0.4 is 15.6 Å². The molecule has 0 radical (unpaired) electrons. The smallest absolute Gasteiger partial charge is 0.268 e. The number of furan rings is 1. The summed E-state index contributed by atoms with van der Waals surface area (Å²) in [7, 11) is 1.55.